The van der Waals surface area contributed by atoms with Gasteiger partial charge in [-0.05, 0) is 44.4 Å². The van der Waals surface area contributed by atoms with Crippen molar-refractivity contribution >= 4 is 17.8 Å². The van der Waals surface area contributed by atoms with Crippen LogP contribution in [0, 0.1) is 23.2 Å². The maximum Gasteiger partial charge on any atom is 0.312 e. The van der Waals surface area contributed by atoms with Crippen molar-refractivity contribution in [2.45, 2.75) is 103 Å². The number of hydrogen-bond acceptors (Lipinski definition) is 6. The van der Waals surface area contributed by atoms with Crippen LogP contribution < -0.4 is 0 Å². The number of rotatable bonds is 6. The van der Waals surface area contributed by atoms with E-state index in [-0.39, 0.29) is 36.4 Å². The molecular formula is C30H46N2O6. The molecule has 2 fully saturated rings. The second-order valence-corrected chi connectivity index (χ2v) is 13.4. The first-order valence-electron chi connectivity index (χ1n) is 14.2. The Morgan fingerprint density at radius 1 is 1.13 bits per heavy atom. The maximum atomic E-state index is 14.7. The van der Waals surface area contributed by atoms with Crippen LogP contribution in [0.4, 0.5) is 0 Å². The lowest BCUT2D eigenvalue weighted by atomic mass is 9.77. The van der Waals surface area contributed by atoms with Crippen LogP contribution in [0.2, 0.25) is 0 Å². The molecule has 0 aromatic carbocycles. The lowest BCUT2D eigenvalue weighted by Crippen LogP contribution is -2.62. The van der Waals surface area contributed by atoms with Crippen LogP contribution in [0.25, 0.3) is 0 Å². The summed E-state index contributed by atoms with van der Waals surface area (Å²) in [5, 5.41) is 10.5. The summed E-state index contributed by atoms with van der Waals surface area (Å²) in [7, 11) is 0. The fraction of sp³-hybridized carbons (Fsp3) is 0.767. The first-order chi connectivity index (χ1) is 17.8. The molecule has 1 spiro atoms. The number of aliphatic hydroxyl groups is 1. The third-order valence-electron chi connectivity index (χ3n) is 8.83. The van der Waals surface area contributed by atoms with Crippen molar-refractivity contribution in [3.8, 4) is 0 Å². The number of ether oxygens (including phenoxy) is 2. The fourth-order valence-corrected chi connectivity index (χ4v) is 7.30. The van der Waals surface area contributed by atoms with Crippen molar-refractivity contribution in [3.05, 3.63) is 24.3 Å². The zero-order valence-corrected chi connectivity index (χ0v) is 24.1. The highest BCUT2D eigenvalue weighted by molar-refractivity contribution is 5.99. The Morgan fingerprint density at radius 3 is 2.47 bits per heavy atom. The minimum atomic E-state index is -1.32. The highest BCUT2D eigenvalue weighted by Crippen LogP contribution is 2.54. The molecule has 0 aromatic heterocycles. The van der Waals surface area contributed by atoms with E-state index in [2.05, 4.69) is 34.6 Å². The van der Waals surface area contributed by atoms with Gasteiger partial charge in [-0.25, -0.2) is 0 Å². The van der Waals surface area contributed by atoms with Gasteiger partial charge >= 0.3 is 5.97 Å². The van der Waals surface area contributed by atoms with E-state index < -0.39 is 47.1 Å². The van der Waals surface area contributed by atoms with Crippen LogP contribution in [0.15, 0.2) is 24.3 Å². The topological polar surface area (TPSA) is 96.4 Å². The Labute approximate surface area is 227 Å². The molecule has 1 N–H and O–H groups in total. The standard InChI is InChI=1S/C30H46N2O6/c1-8-19(2)20(17-33)32-24-26(35)31(29(6,7)18-28(3,4)5)15-12-14-30(24)23(25(32)34)22-21(38-30)13-10-9-11-16-37-27(22)36/h10,12-14,19-24,33H,8-9,11,15-18H2,1-7H3/b13-10-/t19-,20-,21-,22+,23-,24?,30-/m0/s1. The Kier molecular flexibility index (Phi) is 7.90. The first kappa shape index (κ1) is 28.8. The molecule has 4 aliphatic rings. The number of allylic oxidation sites excluding steroid dienone is 1. The minimum Gasteiger partial charge on any atom is -0.465 e. The summed E-state index contributed by atoms with van der Waals surface area (Å²) < 4.78 is 12.3. The van der Waals surface area contributed by atoms with Gasteiger partial charge in [0.2, 0.25) is 11.8 Å². The van der Waals surface area contributed by atoms with Crippen LogP contribution in [0.1, 0.15) is 74.1 Å². The van der Waals surface area contributed by atoms with Crippen LogP contribution >= 0.6 is 0 Å². The van der Waals surface area contributed by atoms with E-state index in [1.807, 2.05) is 43.1 Å². The number of aliphatic hydroxyl groups excluding tert-OH is 1. The average molecular weight is 531 g/mol. The smallest absolute Gasteiger partial charge is 0.312 e. The molecule has 4 rings (SSSR count). The molecule has 1 unspecified atom stereocenters. The quantitative estimate of drug-likeness (QED) is 0.417. The second-order valence-electron chi connectivity index (χ2n) is 13.4. The van der Waals surface area contributed by atoms with E-state index in [1.165, 1.54) is 0 Å². The van der Waals surface area contributed by atoms with E-state index in [0.29, 0.717) is 13.0 Å². The van der Waals surface area contributed by atoms with Crippen LogP contribution in [-0.2, 0) is 23.9 Å². The molecule has 4 aliphatic heterocycles. The molecule has 0 aliphatic carbocycles. The van der Waals surface area contributed by atoms with E-state index in [9.17, 15) is 19.5 Å². The van der Waals surface area contributed by atoms with Gasteiger partial charge in [-0.1, -0.05) is 65.3 Å². The summed E-state index contributed by atoms with van der Waals surface area (Å²) >= 11 is 0. The van der Waals surface area contributed by atoms with Gasteiger partial charge in [0.05, 0.1) is 31.3 Å². The van der Waals surface area contributed by atoms with Gasteiger partial charge in [-0.3, -0.25) is 14.4 Å². The van der Waals surface area contributed by atoms with E-state index in [1.54, 1.807) is 4.90 Å². The fourth-order valence-electron chi connectivity index (χ4n) is 7.30. The van der Waals surface area contributed by atoms with E-state index in [0.717, 1.165) is 19.3 Å². The Morgan fingerprint density at radius 2 is 1.84 bits per heavy atom. The number of cyclic esters (lactones) is 1. The van der Waals surface area contributed by atoms with Crippen LogP contribution in [0.3, 0.4) is 0 Å². The SMILES string of the molecule is CC[C@H](C)[C@H](CO)N1C(=O)[C@@H]2[C@@H]3C(=O)OCCC/C=C\[C@@H]3O[C@@]23C=CCN(C(C)(C)CC(C)(C)C)C(=O)C13. The van der Waals surface area contributed by atoms with Crippen molar-refractivity contribution in [2.24, 2.45) is 23.2 Å². The number of esters is 1. The highest BCUT2D eigenvalue weighted by Gasteiger charge is 2.73. The molecule has 4 heterocycles. The van der Waals surface area contributed by atoms with E-state index >= 15 is 0 Å². The monoisotopic (exact) mass is 530 g/mol. The summed E-state index contributed by atoms with van der Waals surface area (Å²) in [5.74, 6) is -2.80. The van der Waals surface area contributed by atoms with Crippen molar-refractivity contribution < 1.29 is 29.0 Å². The zero-order valence-electron chi connectivity index (χ0n) is 24.1. The summed E-state index contributed by atoms with van der Waals surface area (Å²) in [4.78, 5) is 45.8. The molecule has 2 amide bonds. The second kappa shape index (κ2) is 10.4. The maximum absolute atomic E-state index is 14.7. The molecule has 212 valence electrons. The van der Waals surface area contributed by atoms with Crippen molar-refractivity contribution in [2.75, 3.05) is 19.8 Å². The molecule has 8 heteroatoms. The number of fused-ring (bicyclic) bond motifs is 2. The zero-order chi connectivity index (χ0) is 28.0. The number of hydrogen-bond donors (Lipinski definition) is 1. The number of nitrogens with zero attached hydrogens (tertiary/aromatic N) is 2. The summed E-state index contributed by atoms with van der Waals surface area (Å²) in [6.07, 6.45) is 9.88. The molecule has 0 bridgehead atoms. The predicted octanol–water partition coefficient (Wildman–Crippen LogP) is 3.48. The summed E-state index contributed by atoms with van der Waals surface area (Å²) in [6.45, 7) is 14.9. The summed E-state index contributed by atoms with van der Waals surface area (Å²) in [5.41, 5.74) is -1.85. The van der Waals surface area contributed by atoms with Gasteiger partial charge < -0.3 is 24.4 Å². The first-order valence-corrected chi connectivity index (χ1v) is 14.2. The number of carbonyl (C=O) groups excluding carboxylic acids is 3. The third kappa shape index (κ3) is 4.83. The van der Waals surface area contributed by atoms with Crippen molar-refractivity contribution in [1.29, 1.82) is 0 Å². The minimum absolute atomic E-state index is 0.0298. The highest BCUT2D eigenvalue weighted by atomic mass is 16.6. The Balaban J connectivity index is 1.87. The van der Waals surface area contributed by atoms with Gasteiger partial charge in [0.15, 0.2) is 0 Å². The van der Waals surface area contributed by atoms with Crippen LogP contribution in [-0.4, -0.2) is 81.8 Å². The van der Waals surface area contributed by atoms with Gasteiger partial charge in [0.1, 0.15) is 17.6 Å². The molecule has 2 saturated heterocycles. The van der Waals surface area contributed by atoms with Crippen molar-refractivity contribution in [3.63, 3.8) is 0 Å². The molecule has 7 atom stereocenters. The van der Waals surface area contributed by atoms with Gasteiger partial charge in [-0.2, -0.15) is 0 Å². The predicted molar refractivity (Wildman–Crippen MR) is 144 cm³/mol. The van der Waals surface area contributed by atoms with E-state index in [4.69, 9.17) is 9.47 Å². The molecule has 38 heavy (non-hydrogen) atoms. The third-order valence-corrected chi connectivity index (χ3v) is 8.83. The van der Waals surface area contributed by atoms with Gasteiger partial charge in [-0.15, -0.1) is 0 Å². The Bertz CT molecular complexity index is 997. The lowest BCUT2D eigenvalue weighted by molar-refractivity contribution is -0.158. The van der Waals surface area contributed by atoms with Crippen LogP contribution in [0.5, 0.6) is 0 Å². The number of amides is 2. The molecular weight excluding hydrogens is 484 g/mol. The molecule has 0 radical (unpaired) electrons. The van der Waals surface area contributed by atoms with Gasteiger partial charge in [0, 0.05) is 12.1 Å². The molecule has 0 saturated carbocycles. The number of likely N-dealkylation sites (tertiary alicyclic amines) is 1. The normalized spacial score (nSPS) is 34.4. The number of carbonyl (C=O) groups is 3. The van der Waals surface area contributed by atoms with Crippen molar-refractivity contribution in [1.82, 2.24) is 9.80 Å². The largest absolute Gasteiger partial charge is 0.465 e. The Hall–Kier alpha value is -2.19. The summed E-state index contributed by atoms with van der Waals surface area (Å²) in [6, 6.07) is -1.56. The molecule has 0 aromatic rings. The van der Waals surface area contributed by atoms with Gasteiger partial charge in [0.25, 0.3) is 0 Å². The lowest BCUT2D eigenvalue weighted by Gasteiger charge is -2.46. The average Bonchev–Trinajstić information content (AvgIpc) is 3.22. The molecule has 8 nitrogen and oxygen atoms in total.